The van der Waals surface area contributed by atoms with Crippen LogP contribution < -0.4 is 14.8 Å². The second-order valence-electron chi connectivity index (χ2n) is 4.79. The summed E-state index contributed by atoms with van der Waals surface area (Å²) < 4.78 is 16.2. The van der Waals surface area contributed by atoms with Crippen LogP contribution in [-0.2, 0) is 4.74 Å². The van der Waals surface area contributed by atoms with Gasteiger partial charge < -0.3 is 24.6 Å². The smallest absolute Gasteiger partial charge is 0.161 e. The Bertz CT molecular complexity index is 373. The number of benzene rings is 1. The molecule has 0 spiro atoms. The van der Waals surface area contributed by atoms with Crippen molar-refractivity contribution in [2.75, 3.05) is 40.0 Å². The van der Waals surface area contributed by atoms with Crippen LogP contribution >= 0.6 is 0 Å². The van der Waals surface area contributed by atoms with Crippen LogP contribution in [0.5, 0.6) is 11.5 Å². The molecule has 0 aromatic heterocycles. The van der Waals surface area contributed by atoms with Crippen molar-refractivity contribution in [3.05, 3.63) is 24.3 Å². The van der Waals surface area contributed by atoms with Gasteiger partial charge in [-0.1, -0.05) is 25.5 Å². The number of hydrogen-bond donors (Lipinski definition) is 2. The van der Waals surface area contributed by atoms with Gasteiger partial charge in [0.15, 0.2) is 11.5 Å². The highest BCUT2D eigenvalue weighted by Gasteiger charge is 2.07. The third kappa shape index (κ3) is 7.90. The first-order valence-corrected chi connectivity index (χ1v) is 7.50. The number of nitrogens with one attached hydrogen (secondary N) is 1. The molecule has 1 unspecified atom stereocenters. The Morgan fingerprint density at radius 1 is 1.19 bits per heavy atom. The van der Waals surface area contributed by atoms with Crippen LogP contribution in [0.4, 0.5) is 0 Å². The molecule has 0 amide bonds. The quantitative estimate of drug-likeness (QED) is 0.577. The van der Waals surface area contributed by atoms with Gasteiger partial charge in [-0.25, -0.2) is 0 Å². The van der Waals surface area contributed by atoms with E-state index in [1.165, 1.54) is 0 Å². The van der Waals surface area contributed by atoms with E-state index in [1.54, 1.807) is 7.11 Å². The lowest BCUT2D eigenvalue weighted by Crippen LogP contribution is -2.33. The van der Waals surface area contributed by atoms with E-state index in [2.05, 4.69) is 12.2 Å². The summed E-state index contributed by atoms with van der Waals surface area (Å²) in [5, 5.41) is 13.0. The molecule has 120 valence electrons. The summed E-state index contributed by atoms with van der Waals surface area (Å²) >= 11 is 0. The normalized spacial score (nSPS) is 12.1. The number of aliphatic hydroxyl groups is 1. The lowest BCUT2D eigenvalue weighted by Gasteiger charge is -2.15. The van der Waals surface area contributed by atoms with Gasteiger partial charge in [0.25, 0.3) is 0 Å². The molecule has 5 heteroatoms. The van der Waals surface area contributed by atoms with Gasteiger partial charge in [0.05, 0.1) is 13.7 Å². The van der Waals surface area contributed by atoms with E-state index in [1.807, 2.05) is 24.3 Å². The maximum Gasteiger partial charge on any atom is 0.161 e. The Balaban J connectivity index is 2.09. The van der Waals surface area contributed by atoms with Gasteiger partial charge in [0, 0.05) is 19.7 Å². The van der Waals surface area contributed by atoms with Crippen molar-refractivity contribution in [1.82, 2.24) is 5.32 Å². The van der Waals surface area contributed by atoms with Crippen molar-refractivity contribution in [2.45, 2.75) is 25.9 Å². The lowest BCUT2D eigenvalue weighted by molar-refractivity contribution is 0.0969. The molecule has 0 saturated heterocycles. The molecule has 21 heavy (non-hydrogen) atoms. The molecule has 0 aliphatic heterocycles. The SMILES string of the molecule is CCCCOCCNCC(O)COc1ccccc1OC. The highest BCUT2D eigenvalue weighted by Crippen LogP contribution is 2.25. The molecule has 0 bridgehead atoms. The predicted octanol–water partition coefficient (Wildman–Crippen LogP) is 1.84. The van der Waals surface area contributed by atoms with Crippen LogP contribution in [0.25, 0.3) is 0 Å². The summed E-state index contributed by atoms with van der Waals surface area (Å²) in [5.41, 5.74) is 0. The maximum atomic E-state index is 9.85. The molecular formula is C16H27NO4. The third-order valence-electron chi connectivity index (χ3n) is 2.95. The Kier molecular flexibility index (Phi) is 9.61. The standard InChI is InChI=1S/C16H27NO4/c1-3-4-10-20-11-9-17-12-14(18)13-21-16-8-6-5-7-15(16)19-2/h5-8,14,17-18H,3-4,9-13H2,1-2H3. The number of para-hydroxylation sites is 2. The molecule has 0 saturated carbocycles. The Morgan fingerprint density at radius 2 is 1.95 bits per heavy atom. The van der Waals surface area contributed by atoms with Gasteiger partial charge in [0.2, 0.25) is 0 Å². The first kappa shape index (κ1) is 17.8. The van der Waals surface area contributed by atoms with Crippen molar-refractivity contribution >= 4 is 0 Å². The summed E-state index contributed by atoms with van der Waals surface area (Å²) in [4.78, 5) is 0. The summed E-state index contributed by atoms with van der Waals surface area (Å²) in [6.45, 7) is 5.04. The van der Waals surface area contributed by atoms with Crippen LogP contribution in [0.2, 0.25) is 0 Å². The highest BCUT2D eigenvalue weighted by atomic mass is 16.5. The van der Waals surface area contributed by atoms with Crippen molar-refractivity contribution in [1.29, 1.82) is 0 Å². The summed E-state index contributed by atoms with van der Waals surface area (Å²) in [6, 6.07) is 7.40. The highest BCUT2D eigenvalue weighted by molar-refractivity contribution is 5.39. The van der Waals surface area contributed by atoms with Gasteiger partial charge >= 0.3 is 0 Å². The predicted molar refractivity (Wildman–Crippen MR) is 83.1 cm³/mol. The van der Waals surface area contributed by atoms with Gasteiger partial charge in [-0.2, -0.15) is 0 Å². The van der Waals surface area contributed by atoms with E-state index in [-0.39, 0.29) is 6.61 Å². The summed E-state index contributed by atoms with van der Waals surface area (Å²) in [6.07, 6.45) is 1.67. The molecule has 2 N–H and O–H groups in total. The van der Waals surface area contributed by atoms with Crippen LogP contribution in [0.1, 0.15) is 19.8 Å². The molecule has 1 aromatic rings. The number of unbranched alkanes of at least 4 members (excludes halogenated alkanes) is 1. The molecule has 0 radical (unpaired) electrons. The van der Waals surface area contributed by atoms with Crippen LogP contribution in [0, 0.1) is 0 Å². The monoisotopic (exact) mass is 297 g/mol. The first-order valence-electron chi connectivity index (χ1n) is 7.50. The minimum atomic E-state index is -0.564. The molecular weight excluding hydrogens is 270 g/mol. The molecule has 5 nitrogen and oxygen atoms in total. The van der Waals surface area contributed by atoms with Crippen molar-refractivity contribution < 1.29 is 19.3 Å². The van der Waals surface area contributed by atoms with E-state index in [0.29, 0.717) is 24.7 Å². The summed E-state index contributed by atoms with van der Waals surface area (Å²) in [5.74, 6) is 1.31. The van der Waals surface area contributed by atoms with E-state index in [4.69, 9.17) is 14.2 Å². The lowest BCUT2D eigenvalue weighted by atomic mass is 10.3. The Morgan fingerprint density at radius 3 is 2.67 bits per heavy atom. The molecule has 0 fully saturated rings. The van der Waals surface area contributed by atoms with Gasteiger partial charge in [-0.05, 0) is 18.6 Å². The number of ether oxygens (including phenoxy) is 3. The topological polar surface area (TPSA) is 60.0 Å². The average Bonchev–Trinajstić information content (AvgIpc) is 2.52. The number of methoxy groups -OCH3 is 1. The zero-order chi connectivity index (χ0) is 15.3. The molecule has 1 atom stereocenters. The molecule has 1 aromatic carbocycles. The average molecular weight is 297 g/mol. The Labute approximate surface area is 127 Å². The molecule has 0 heterocycles. The fourth-order valence-corrected chi connectivity index (χ4v) is 1.74. The van der Waals surface area contributed by atoms with E-state index in [9.17, 15) is 5.11 Å². The molecule has 0 aliphatic rings. The second-order valence-corrected chi connectivity index (χ2v) is 4.79. The van der Waals surface area contributed by atoms with Crippen molar-refractivity contribution in [2.24, 2.45) is 0 Å². The number of rotatable bonds is 12. The van der Waals surface area contributed by atoms with E-state index < -0.39 is 6.10 Å². The zero-order valence-corrected chi connectivity index (χ0v) is 13.0. The van der Waals surface area contributed by atoms with Crippen LogP contribution in [0.3, 0.4) is 0 Å². The first-order chi connectivity index (χ1) is 10.3. The van der Waals surface area contributed by atoms with Crippen molar-refractivity contribution in [3.8, 4) is 11.5 Å². The van der Waals surface area contributed by atoms with Gasteiger partial charge in [0.1, 0.15) is 12.7 Å². The molecule has 0 aliphatic carbocycles. The minimum Gasteiger partial charge on any atom is -0.493 e. The van der Waals surface area contributed by atoms with Gasteiger partial charge in [-0.3, -0.25) is 0 Å². The van der Waals surface area contributed by atoms with Crippen molar-refractivity contribution in [3.63, 3.8) is 0 Å². The van der Waals surface area contributed by atoms with E-state index >= 15 is 0 Å². The van der Waals surface area contributed by atoms with Crippen LogP contribution in [0.15, 0.2) is 24.3 Å². The van der Waals surface area contributed by atoms with Crippen LogP contribution in [-0.4, -0.2) is 51.2 Å². The summed E-state index contributed by atoms with van der Waals surface area (Å²) in [7, 11) is 1.60. The fourth-order valence-electron chi connectivity index (χ4n) is 1.74. The number of hydrogen-bond acceptors (Lipinski definition) is 5. The van der Waals surface area contributed by atoms with E-state index in [0.717, 1.165) is 26.0 Å². The number of aliphatic hydroxyl groups excluding tert-OH is 1. The largest absolute Gasteiger partial charge is 0.493 e. The van der Waals surface area contributed by atoms with Gasteiger partial charge in [-0.15, -0.1) is 0 Å². The minimum absolute atomic E-state index is 0.226. The fraction of sp³-hybridized carbons (Fsp3) is 0.625. The Hall–Kier alpha value is -1.30. The maximum absolute atomic E-state index is 9.85. The second kappa shape index (κ2) is 11.4. The third-order valence-corrected chi connectivity index (χ3v) is 2.95. The molecule has 1 rings (SSSR count). The zero-order valence-electron chi connectivity index (χ0n) is 13.0.